The summed E-state index contributed by atoms with van der Waals surface area (Å²) in [5.41, 5.74) is 1.20. The van der Waals surface area contributed by atoms with Gasteiger partial charge in [0.05, 0.1) is 29.7 Å². The van der Waals surface area contributed by atoms with Gasteiger partial charge in [-0.15, -0.1) is 0 Å². The molecule has 11 heteroatoms. The maximum atomic E-state index is 15.3. The summed E-state index contributed by atoms with van der Waals surface area (Å²) in [5.74, 6) is -3.73. The molecule has 1 saturated heterocycles. The summed E-state index contributed by atoms with van der Waals surface area (Å²) in [6.45, 7) is 1.85. The quantitative estimate of drug-likeness (QED) is 0.522. The second-order valence-electron chi connectivity index (χ2n) is 9.18. The molecule has 1 aliphatic carbocycles. The van der Waals surface area contributed by atoms with Crippen molar-refractivity contribution in [3.8, 4) is 11.3 Å². The van der Waals surface area contributed by atoms with Gasteiger partial charge in [-0.1, -0.05) is 0 Å². The first-order chi connectivity index (χ1) is 17.2. The number of fused-ring (bicyclic) bond motifs is 1. The van der Waals surface area contributed by atoms with Crippen LogP contribution in [0, 0.1) is 18.6 Å². The average Bonchev–Trinajstić information content (AvgIpc) is 3.59. The van der Waals surface area contributed by atoms with Gasteiger partial charge in [0, 0.05) is 37.3 Å². The number of aromatic nitrogens is 2. The number of carbonyl (C=O) groups excluding carboxylic acids is 2. The van der Waals surface area contributed by atoms with E-state index in [1.807, 2.05) is 6.92 Å². The molecular weight excluding hydrogens is 480 g/mol. The van der Waals surface area contributed by atoms with Crippen LogP contribution >= 0.6 is 0 Å². The number of pyridine rings is 1. The number of imidazole rings is 1. The lowest BCUT2D eigenvalue weighted by Crippen LogP contribution is -2.48. The van der Waals surface area contributed by atoms with Gasteiger partial charge in [0.25, 0.3) is 11.8 Å². The van der Waals surface area contributed by atoms with Gasteiger partial charge in [-0.2, -0.15) is 8.78 Å². The molecule has 1 saturated carbocycles. The minimum absolute atomic E-state index is 0.0191. The van der Waals surface area contributed by atoms with Crippen molar-refractivity contribution < 1.29 is 31.9 Å². The topological polar surface area (TPSA) is 75.9 Å². The van der Waals surface area contributed by atoms with Crippen LogP contribution in [0.3, 0.4) is 0 Å². The third-order valence-electron chi connectivity index (χ3n) is 6.39. The van der Waals surface area contributed by atoms with Crippen LogP contribution in [-0.4, -0.2) is 64.4 Å². The van der Waals surface area contributed by atoms with Crippen molar-refractivity contribution >= 4 is 17.5 Å². The minimum Gasteiger partial charge on any atom is -0.374 e. The summed E-state index contributed by atoms with van der Waals surface area (Å²) < 4.78 is 63.8. The van der Waals surface area contributed by atoms with E-state index in [9.17, 15) is 18.4 Å². The molecule has 2 aromatic heterocycles. The number of nitrogens with zero attached hydrogens (tertiary/aromatic N) is 3. The predicted molar refractivity (Wildman–Crippen MR) is 122 cm³/mol. The van der Waals surface area contributed by atoms with Crippen LogP contribution in [0.2, 0.25) is 0 Å². The minimum atomic E-state index is -3.13. The molecule has 1 unspecified atom stereocenters. The zero-order valence-corrected chi connectivity index (χ0v) is 19.4. The van der Waals surface area contributed by atoms with Crippen LogP contribution in [0.25, 0.3) is 16.9 Å². The van der Waals surface area contributed by atoms with Gasteiger partial charge in [0.2, 0.25) is 0 Å². The highest BCUT2D eigenvalue weighted by atomic mass is 19.3. The Hall–Kier alpha value is -3.47. The van der Waals surface area contributed by atoms with Crippen LogP contribution < -0.4 is 5.32 Å². The van der Waals surface area contributed by atoms with Crippen molar-refractivity contribution in [2.24, 2.45) is 0 Å². The molecule has 2 amide bonds. The van der Waals surface area contributed by atoms with Crippen LogP contribution in [0.1, 0.15) is 34.5 Å². The molecule has 5 rings (SSSR count). The Kier molecular flexibility index (Phi) is 6.42. The number of hydrogen-bond donors (Lipinski definition) is 1. The van der Waals surface area contributed by atoms with Crippen molar-refractivity contribution in [1.82, 2.24) is 19.6 Å². The number of aryl methyl sites for hydroxylation is 1. The van der Waals surface area contributed by atoms with E-state index in [1.54, 1.807) is 22.7 Å². The van der Waals surface area contributed by atoms with E-state index in [2.05, 4.69) is 10.3 Å². The molecule has 2 aliphatic rings. The number of alkyl halides is 2. The third kappa shape index (κ3) is 4.79. The van der Waals surface area contributed by atoms with E-state index in [1.165, 1.54) is 0 Å². The fraction of sp³-hybridized carbons (Fsp3) is 0.400. The predicted octanol–water partition coefficient (Wildman–Crippen LogP) is 3.52. The van der Waals surface area contributed by atoms with Gasteiger partial charge < -0.3 is 19.4 Å². The van der Waals surface area contributed by atoms with Crippen LogP contribution in [-0.2, 0) is 16.0 Å². The Labute approximate surface area is 204 Å². The maximum absolute atomic E-state index is 15.3. The maximum Gasteiger partial charge on any atom is 0.315 e. The number of hydrogen-bond acceptors (Lipinski definition) is 4. The number of carbonyl (C=O) groups is 2. The first-order valence-corrected chi connectivity index (χ1v) is 11.7. The summed E-state index contributed by atoms with van der Waals surface area (Å²) in [6.07, 6.45) is -0.373. The number of rotatable bonds is 6. The Morgan fingerprint density at radius 2 is 1.92 bits per heavy atom. The molecule has 7 nitrogen and oxygen atoms in total. The molecule has 0 spiro atoms. The van der Waals surface area contributed by atoms with Crippen molar-refractivity contribution in [2.45, 2.75) is 44.8 Å². The normalized spacial score (nSPS) is 18.2. The first kappa shape index (κ1) is 24.2. The fourth-order valence-electron chi connectivity index (χ4n) is 4.42. The lowest BCUT2D eigenvalue weighted by Gasteiger charge is -2.32. The monoisotopic (exact) mass is 504 g/mol. The molecule has 1 aliphatic heterocycles. The largest absolute Gasteiger partial charge is 0.374 e. The Bertz CT molecular complexity index is 1320. The molecule has 190 valence electrons. The van der Waals surface area contributed by atoms with Crippen LogP contribution in [0.4, 0.5) is 17.6 Å². The Balaban J connectivity index is 1.52. The number of morpholine rings is 1. The third-order valence-corrected chi connectivity index (χ3v) is 6.39. The molecule has 0 radical (unpaired) electrons. The molecule has 36 heavy (non-hydrogen) atoms. The number of ether oxygens (including phenoxy) is 1. The standard InChI is InChI=1S/C25H24F4N4O3/c1-13-4-5-33-19(11-16-12-32(6-7-36-16)25(35)23(28)29)22(31-20(33)8-13)21-17(26)9-14(10-18(21)27)24(34)30-15-2-3-15/h4-5,8-10,15-16,23H,2-3,6-7,11-12H2,1H3,(H,30,34). The molecule has 0 bridgehead atoms. The molecule has 1 atom stereocenters. The molecule has 3 heterocycles. The van der Waals surface area contributed by atoms with Gasteiger partial charge >= 0.3 is 6.43 Å². The number of benzene rings is 1. The van der Waals surface area contributed by atoms with E-state index >= 15 is 8.78 Å². The van der Waals surface area contributed by atoms with Gasteiger partial charge in [0.15, 0.2) is 0 Å². The smallest absolute Gasteiger partial charge is 0.315 e. The van der Waals surface area contributed by atoms with Gasteiger partial charge in [-0.05, 0) is 49.6 Å². The average molecular weight is 504 g/mol. The fourth-order valence-corrected chi connectivity index (χ4v) is 4.42. The zero-order chi connectivity index (χ0) is 25.6. The highest BCUT2D eigenvalue weighted by Crippen LogP contribution is 2.32. The van der Waals surface area contributed by atoms with Gasteiger partial charge in [-0.25, -0.2) is 13.8 Å². The molecule has 1 aromatic carbocycles. The molecule has 2 fully saturated rings. The highest BCUT2D eigenvalue weighted by Gasteiger charge is 2.32. The summed E-state index contributed by atoms with van der Waals surface area (Å²) in [5, 5.41) is 2.70. The second kappa shape index (κ2) is 9.53. The number of halogens is 4. The van der Waals surface area contributed by atoms with Crippen molar-refractivity contribution in [2.75, 3.05) is 19.7 Å². The first-order valence-electron chi connectivity index (χ1n) is 11.7. The van der Waals surface area contributed by atoms with E-state index in [-0.39, 0.29) is 43.4 Å². The van der Waals surface area contributed by atoms with Crippen LogP contribution in [0.5, 0.6) is 0 Å². The lowest BCUT2D eigenvalue weighted by molar-refractivity contribution is -0.150. The van der Waals surface area contributed by atoms with Gasteiger partial charge in [-0.3, -0.25) is 9.59 Å². The van der Waals surface area contributed by atoms with Gasteiger partial charge in [0.1, 0.15) is 17.3 Å². The second-order valence-corrected chi connectivity index (χ2v) is 9.18. The summed E-state index contributed by atoms with van der Waals surface area (Å²) in [4.78, 5) is 29.6. The number of amides is 2. The number of nitrogens with one attached hydrogen (secondary N) is 1. The Morgan fingerprint density at radius 1 is 1.19 bits per heavy atom. The van der Waals surface area contributed by atoms with Crippen molar-refractivity contribution in [1.29, 1.82) is 0 Å². The Morgan fingerprint density at radius 3 is 2.58 bits per heavy atom. The molecule has 1 N–H and O–H groups in total. The highest BCUT2D eigenvalue weighted by molar-refractivity contribution is 5.95. The van der Waals surface area contributed by atoms with E-state index < -0.39 is 41.5 Å². The summed E-state index contributed by atoms with van der Waals surface area (Å²) in [6, 6.07) is 5.54. The van der Waals surface area contributed by atoms with E-state index in [0.29, 0.717) is 11.3 Å². The van der Waals surface area contributed by atoms with Crippen LogP contribution in [0.15, 0.2) is 30.5 Å². The zero-order valence-electron chi connectivity index (χ0n) is 19.4. The molecular formula is C25H24F4N4O3. The SMILES string of the molecule is Cc1ccn2c(CC3CN(C(=O)C(F)F)CCO3)c(-c3c(F)cc(C(=O)NC4CC4)cc3F)nc2c1. The molecule has 3 aromatic rings. The lowest BCUT2D eigenvalue weighted by atomic mass is 10.0. The summed E-state index contributed by atoms with van der Waals surface area (Å²) in [7, 11) is 0. The van der Waals surface area contributed by atoms with Crippen molar-refractivity contribution in [3.63, 3.8) is 0 Å². The van der Waals surface area contributed by atoms with E-state index in [0.717, 1.165) is 35.4 Å². The summed E-state index contributed by atoms with van der Waals surface area (Å²) >= 11 is 0. The van der Waals surface area contributed by atoms with Crippen molar-refractivity contribution in [3.05, 3.63) is 58.9 Å². The van der Waals surface area contributed by atoms with E-state index in [4.69, 9.17) is 4.74 Å².